The van der Waals surface area contributed by atoms with Crippen molar-refractivity contribution < 1.29 is 9.53 Å². The molecule has 2 heterocycles. The van der Waals surface area contributed by atoms with Crippen molar-refractivity contribution in [2.45, 2.75) is 45.2 Å². The highest BCUT2D eigenvalue weighted by Gasteiger charge is 2.37. The van der Waals surface area contributed by atoms with Crippen molar-refractivity contribution in [3.8, 4) is 0 Å². The minimum atomic E-state index is 0.0350. The number of ether oxygens (including phenoxy) is 1. The van der Waals surface area contributed by atoms with Gasteiger partial charge in [-0.1, -0.05) is 20.3 Å². The third kappa shape index (κ3) is 2.23. The van der Waals surface area contributed by atoms with E-state index in [1.54, 1.807) is 0 Å². The second-order valence-corrected chi connectivity index (χ2v) is 4.88. The topological polar surface area (TPSA) is 41.6 Å². The molecule has 2 aliphatic heterocycles. The number of hydrogen-bond donors (Lipinski definition) is 1. The molecule has 0 aromatic rings. The predicted octanol–water partition coefficient (Wildman–Crippen LogP) is 0.969. The molecule has 4 heteroatoms. The Balaban J connectivity index is 1.95. The predicted molar refractivity (Wildman–Crippen MR) is 61.9 cm³/mol. The summed E-state index contributed by atoms with van der Waals surface area (Å²) in [6.45, 7) is 6.59. The highest BCUT2D eigenvalue weighted by molar-refractivity contribution is 5.84. The van der Waals surface area contributed by atoms with E-state index in [0.717, 1.165) is 39.1 Å². The molecule has 0 aromatic heterocycles. The summed E-state index contributed by atoms with van der Waals surface area (Å²) in [5, 5.41) is 3.34. The van der Waals surface area contributed by atoms with Gasteiger partial charge in [0.05, 0.1) is 12.7 Å². The summed E-state index contributed by atoms with van der Waals surface area (Å²) in [4.78, 5) is 14.2. The van der Waals surface area contributed by atoms with E-state index in [1.807, 2.05) is 4.90 Å². The first-order valence-electron chi connectivity index (χ1n) is 6.35. The Morgan fingerprint density at radius 3 is 2.81 bits per heavy atom. The number of hydrogen-bond acceptors (Lipinski definition) is 3. The monoisotopic (exact) mass is 226 g/mol. The van der Waals surface area contributed by atoms with Crippen LogP contribution in [0.4, 0.5) is 0 Å². The molecule has 2 rings (SSSR count). The minimum absolute atomic E-state index is 0.0350. The first-order chi connectivity index (χ1) is 7.74. The Labute approximate surface area is 97.3 Å². The molecule has 1 amide bonds. The van der Waals surface area contributed by atoms with Gasteiger partial charge in [0.2, 0.25) is 5.91 Å². The normalized spacial score (nSPS) is 29.8. The van der Waals surface area contributed by atoms with E-state index in [2.05, 4.69) is 19.2 Å². The fourth-order valence-electron chi connectivity index (χ4n) is 2.53. The third-order valence-corrected chi connectivity index (χ3v) is 3.88. The van der Waals surface area contributed by atoms with Gasteiger partial charge in [0.15, 0.2) is 0 Å². The van der Waals surface area contributed by atoms with Crippen LogP contribution in [0.1, 0.15) is 33.1 Å². The Kier molecular flexibility index (Phi) is 3.82. The van der Waals surface area contributed by atoms with Gasteiger partial charge in [-0.3, -0.25) is 10.1 Å². The van der Waals surface area contributed by atoms with E-state index >= 15 is 0 Å². The fraction of sp³-hybridized carbons (Fsp3) is 0.917. The lowest BCUT2D eigenvalue weighted by Gasteiger charge is -2.30. The second kappa shape index (κ2) is 5.15. The van der Waals surface area contributed by atoms with Crippen LogP contribution in [0.2, 0.25) is 0 Å². The van der Waals surface area contributed by atoms with Gasteiger partial charge in [-0.15, -0.1) is 0 Å². The molecular weight excluding hydrogens is 204 g/mol. The van der Waals surface area contributed by atoms with E-state index in [9.17, 15) is 4.79 Å². The number of carbonyl (C=O) groups excluding carboxylic acids is 1. The standard InChI is InChI=1S/C12H22N2O2/c1-3-9(2)11-12(15)14(8-13-11)10-4-6-16-7-5-10/h9-11,13H,3-8H2,1-2H3. The van der Waals surface area contributed by atoms with E-state index in [0.29, 0.717) is 17.9 Å². The largest absolute Gasteiger partial charge is 0.381 e. The summed E-state index contributed by atoms with van der Waals surface area (Å²) >= 11 is 0. The summed E-state index contributed by atoms with van der Waals surface area (Å²) < 4.78 is 5.33. The van der Waals surface area contributed by atoms with Crippen molar-refractivity contribution in [2.75, 3.05) is 19.9 Å². The van der Waals surface area contributed by atoms with Gasteiger partial charge in [-0.2, -0.15) is 0 Å². The first kappa shape index (κ1) is 11.9. The van der Waals surface area contributed by atoms with Gasteiger partial charge in [0.25, 0.3) is 0 Å². The van der Waals surface area contributed by atoms with Gasteiger partial charge in [-0.05, 0) is 18.8 Å². The lowest BCUT2D eigenvalue weighted by atomic mass is 9.98. The van der Waals surface area contributed by atoms with Crippen molar-refractivity contribution in [3.05, 3.63) is 0 Å². The van der Waals surface area contributed by atoms with Crippen LogP contribution in [0.5, 0.6) is 0 Å². The Bertz CT molecular complexity index is 251. The van der Waals surface area contributed by atoms with E-state index in [-0.39, 0.29) is 6.04 Å². The SMILES string of the molecule is CCC(C)C1NCN(C2CCOCC2)C1=O. The molecule has 2 aliphatic rings. The number of rotatable bonds is 3. The van der Waals surface area contributed by atoms with Crippen LogP contribution in [-0.4, -0.2) is 42.8 Å². The smallest absolute Gasteiger partial charge is 0.241 e. The Morgan fingerprint density at radius 1 is 1.50 bits per heavy atom. The molecule has 0 radical (unpaired) electrons. The molecule has 2 saturated heterocycles. The maximum absolute atomic E-state index is 12.2. The van der Waals surface area contributed by atoms with Crippen LogP contribution in [0.3, 0.4) is 0 Å². The summed E-state index contributed by atoms with van der Waals surface area (Å²) in [6.07, 6.45) is 3.02. The lowest BCUT2D eigenvalue weighted by Crippen LogP contribution is -2.42. The van der Waals surface area contributed by atoms with Crippen molar-refractivity contribution in [1.82, 2.24) is 10.2 Å². The molecule has 16 heavy (non-hydrogen) atoms. The number of nitrogens with one attached hydrogen (secondary N) is 1. The van der Waals surface area contributed by atoms with Crippen molar-refractivity contribution >= 4 is 5.91 Å². The third-order valence-electron chi connectivity index (χ3n) is 3.88. The van der Waals surface area contributed by atoms with Crippen molar-refractivity contribution in [1.29, 1.82) is 0 Å². The second-order valence-electron chi connectivity index (χ2n) is 4.88. The van der Waals surface area contributed by atoms with Gasteiger partial charge in [-0.25, -0.2) is 0 Å². The first-order valence-corrected chi connectivity index (χ1v) is 6.35. The van der Waals surface area contributed by atoms with Crippen LogP contribution in [0.25, 0.3) is 0 Å². The summed E-state index contributed by atoms with van der Waals surface area (Å²) in [7, 11) is 0. The number of nitrogens with zero attached hydrogens (tertiary/aromatic N) is 1. The van der Waals surface area contributed by atoms with E-state index in [4.69, 9.17) is 4.74 Å². The minimum Gasteiger partial charge on any atom is -0.381 e. The molecule has 4 nitrogen and oxygen atoms in total. The molecular formula is C12H22N2O2. The maximum Gasteiger partial charge on any atom is 0.241 e. The molecule has 0 bridgehead atoms. The zero-order valence-corrected chi connectivity index (χ0v) is 10.2. The molecule has 0 aromatic carbocycles. The zero-order chi connectivity index (χ0) is 11.5. The van der Waals surface area contributed by atoms with E-state index in [1.165, 1.54) is 0 Å². The Hall–Kier alpha value is -0.610. The van der Waals surface area contributed by atoms with Gasteiger partial charge < -0.3 is 9.64 Å². The summed E-state index contributed by atoms with van der Waals surface area (Å²) in [5.41, 5.74) is 0. The summed E-state index contributed by atoms with van der Waals surface area (Å²) in [5.74, 6) is 0.721. The molecule has 2 atom stereocenters. The average molecular weight is 226 g/mol. The van der Waals surface area contributed by atoms with Crippen LogP contribution in [0.15, 0.2) is 0 Å². The van der Waals surface area contributed by atoms with Crippen LogP contribution >= 0.6 is 0 Å². The van der Waals surface area contributed by atoms with Crippen molar-refractivity contribution in [2.24, 2.45) is 5.92 Å². The van der Waals surface area contributed by atoms with Gasteiger partial charge in [0.1, 0.15) is 0 Å². The zero-order valence-electron chi connectivity index (χ0n) is 10.2. The number of amides is 1. The number of carbonyl (C=O) groups is 1. The molecule has 0 aliphatic carbocycles. The highest BCUT2D eigenvalue weighted by atomic mass is 16.5. The summed E-state index contributed by atoms with van der Waals surface area (Å²) in [6, 6.07) is 0.427. The quantitative estimate of drug-likeness (QED) is 0.779. The molecule has 92 valence electrons. The van der Waals surface area contributed by atoms with E-state index < -0.39 is 0 Å². The van der Waals surface area contributed by atoms with Crippen LogP contribution < -0.4 is 5.32 Å². The molecule has 2 fully saturated rings. The lowest BCUT2D eigenvalue weighted by molar-refractivity contribution is -0.133. The van der Waals surface area contributed by atoms with Crippen LogP contribution in [-0.2, 0) is 9.53 Å². The average Bonchev–Trinajstić information content (AvgIpc) is 2.71. The van der Waals surface area contributed by atoms with Gasteiger partial charge in [0, 0.05) is 19.3 Å². The molecule has 0 saturated carbocycles. The molecule has 2 unspecified atom stereocenters. The molecule has 1 N–H and O–H groups in total. The van der Waals surface area contributed by atoms with Crippen molar-refractivity contribution in [3.63, 3.8) is 0 Å². The Morgan fingerprint density at radius 2 is 2.19 bits per heavy atom. The van der Waals surface area contributed by atoms with Crippen LogP contribution in [0, 0.1) is 5.92 Å². The highest BCUT2D eigenvalue weighted by Crippen LogP contribution is 2.21. The maximum atomic E-state index is 12.2. The van der Waals surface area contributed by atoms with Gasteiger partial charge >= 0.3 is 0 Å². The molecule has 0 spiro atoms. The fourth-order valence-corrected chi connectivity index (χ4v) is 2.53.